The van der Waals surface area contributed by atoms with Gasteiger partial charge in [-0.25, -0.2) is 4.79 Å². The third kappa shape index (κ3) is 3.43. The molecule has 2 aromatic rings. The van der Waals surface area contributed by atoms with E-state index in [1.165, 1.54) is 14.2 Å². The van der Waals surface area contributed by atoms with Crippen LogP contribution in [0.3, 0.4) is 0 Å². The van der Waals surface area contributed by atoms with Gasteiger partial charge in [0.25, 0.3) is 5.91 Å². The van der Waals surface area contributed by atoms with Gasteiger partial charge in [0, 0.05) is 6.54 Å². The highest BCUT2D eigenvalue weighted by Crippen LogP contribution is 2.39. The number of carboxylic acid groups (broad SMARTS) is 1. The number of methoxy groups -OCH3 is 2. The van der Waals surface area contributed by atoms with Gasteiger partial charge >= 0.3 is 6.16 Å². The van der Waals surface area contributed by atoms with Crippen LogP contribution in [0, 0.1) is 0 Å². The number of hydrogen-bond acceptors (Lipinski definition) is 6. The third-order valence-corrected chi connectivity index (χ3v) is 3.17. The maximum Gasteiger partial charge on any atom is 0.511 e. The van der Waals surface area contributed by atoms with Crippen molar-refractivity contribution in [1.82, 2.24) is 5.32 Å². The van der Waals surface area contributed by atoms with Crippen LogP contribution in [0.25, 0.3) is 11.1 Å². The van der Waals surface area contributed by atoms with Gasteiger partial charge < -0.3 is 29.1 Å². The first-order valence-electron chi connectivity index (χ1n) is 7.04. The topological polar surface area (TPSA) is 107 Å². The molecule has 1 heterocycles. The monoisotopic (exact) mass is 335 g/mol. The lowest BCUT2D eigenvalue weighted by atomic mass is 10.0. The van der Waals surface area contributed by atoms with Crippen molar-refractivity contribution in [2.45, 2.75) is 6.92 Å². The van der Waals surface area contributed by atoms with E-state index < -0.39 is 12.1 Å². The van der Waals surface area contributed by atoms with E-state index in [-0.39, 0.29) is 17.1 Å². The molecule has 0 unspecified atom stereocenters. The second-order valence-electron chi connectivity index (χ2n) is 4.60. The Morgan fingerprint density at radius 2 is 1.88 bits per heavy atom. The molecule has 8 nitrogen and oxygen atoms in total. The van der Waals surface area contributed by atoms with Crippen molar-refractivity contribution in [2.24, 2.45) is 0 Å². The minimum atomic E-state index is -1.51. The van der Waals surface area contributed by atoms with Gasteiger partial charge in [-0.2, -0.15) is 0 Å². The fraction of sp³-hybridized carbons (Fsp3) is 0.250. The normalized spacial score (nSPS) is 10.1. The fourth-order valence-electron chi connectivity index (χ4n) is 2.18. The molecule has 0 fully saturated rings. The largest absolute Gasteiger partial charge is 0.511 e. The number of rotatable bonds is 6. The first-order valence-corrected chi connectivity index (χ1v) is 7.04. The van der Waals surface area contributed by atoms with Crippen LogP contribution in [0.4, 0.5) is 4.79 Å². The molecule has 8 heteroatoms. The highest BCUT2D eigenvalue weighted by atomic mass is 16.7. The lowest BCUT2D eigenvalue weighted by Gasteiger charge is -2.10. The molecular formula is C16H17NO7. The van der Waals surface area contributed by atoms with Gasteiger partial charge in [0.05, 0.1) is 19.8 Å². The summed E-state index contributed by atoms with van der Waals surface area (Å²) in [5, 5.41) is 11.5. The molecule has 1 amide bonds. The highest BCUT2D eigenvalue weighted by molar-refractivity contribution is 6.00. The van der Waals surface area contributed by atoms with Gasteiger partial charge in [-0.15, -0.1) is 0 Å². The van der Waals surface area contributed by atoms with Crippen molar-refractivity contribution < 1.29 is 33.3 Å². The van der Waals surface area contributed by atoms with Crippen LogP contribution in [0.2, 0.25) is 0 Å². The summed E-state index contributed by atoms with van der Waals surface area (Å²) in [6, 6.07) is 4.87. The van der Waals surface area contributed by atoms with Gasteiger partial charge in [-0.3, -0.25) is 4.79 Å². The quantitative estimate of drug-likeness (QED) is 0.782. The lowest BCUT2D eigenvalue weighted by Crippen LogP contribution is -2.22. The summed E-state index contributed by atoms with van der Waals surface area (Å²) in [6.45, 7) is 2.14. The zero-order chi connectivity index (χ0) is 17.7. The Labute approximate surface area is 137 Å². The van der Waals surface area contributed by atoms with Gasteiger partial charge in [0.1, 0.15) is 6.26 Å². The van der Waals surface area contributed by atoms with Crippen molar-refractivity contribution in [3.63, 3.8) is 0 Å². The zero-order valence-corrected chi connectivity index (χ0v) is 13.4. The Morgan fingerprint density at radius 3 is 2.46 bits per heavy atom. The highest BCUT2D eigenvalue weighted by Gasteiger charge is 2.24. The van der Waals surface area contributed by atoms with Crippen LogP contribution in [0.15, 0.2) is 28.9 Å². The van der Waals surface area contributed by atoms with E-state index in [1.807, 2.05) is 0 Å². The van der Waals surface area contributed by atoms with Crippen LogP contribution >= 0.6 is 0 Å². The molecule has 128 valence electrons. The van der Waals surface area contributed by atoms with Gasteiger partial charge in [-0.1, -0.05) is 6.07 Å². The van der Waals surface area contributed by atoms with Crippen LogP contribution in [0.1, 0.15) is 17.5 Å². The predicted molar refractivity (Wildman–Crippen MR) is 83.9 cm³/mol. The number of furan rings is 1. The van der Waals surface area contributed by atoms with Crippen molar-refractivity contribution in [3.05, 3.63) is 30.2 Å². The smallest absolute Gasteiger partial charge is 0.493 e. The van der Waals surface area contributed by atoms with E-state index in [9.17, 15) is 9.59 Å². The van der Waals surface area contributed by atoms with E-state index in [1.54, 1.807) is 25.1 Å². The van der Waals surface area contributed by atoms with Gasteiger partial charge in [0.2, 0.25) is 5.76 Å². The standard InChI is InChI=1S/C16H17NO7/c1-4-17-15(18)14-13(12(8-23-14)24-16(19)20)9-5-6-10(21-2)11(7-9)22-3/h5-8H,4H2,1-3H3,(H,17,18)(H,19,20). The second kappa shape index (κ2) is 7.40. The first kappa shape index (κ1) is 17.2. The number of hydrogen-bond donors (Lipinski definition) is 2. The van der Waals surface area contributed by atoms with E-state index in [0.29, 0.717) is 23.6 Å². The Bertz CT molecular complexity index is 751. The minimum absolute atomic E-state index is 0.0553. The summed E-state index contributed by atoms with van der Waals surface area (Å²) in [7, 11) is 2.96. The maximum absolute atomic E-state index is 12.2. The summed E-state index contributed by atoms with van der Waals surface area (Å²) >= 11 is 0. The Balaban J connectivity index is 2.59. The van der Waals surface area contributed by atoms with E-state index in [2.05, 4.69) is 5.32 Å². The van der Waals surface area contributed by atoms with Gasteiger partial charge in [-0.05, 0) is 24.6 Å². The minimum Gasteiger partial charge on any atom is -0.493 e. The molecule has 0 bridgehead atoms. The molecule has 1 aromatic heterocycles. The summed E-state index contributed by atoms with van der Waals surface area (Å²) < 4.78 is 20.3. The summed E-state index contributed by atoms with van der Waals surface area (Å²) in [5.74, 6) is 0.281. The Kier molecular flexibility index (Phi) is 5.31. The lowest BCUT2D eigenvalue weighted by molar-refractivity contribution is 0.0929. The molecule has 0 atom stereocenters. The molecule has 0 aliphatic heterocycles. The molecule has 0 aliphatic rings. The molecule has 0 radical (unpaired) electrons. The number of carbonyl (C=O) groups excluding carboxylic acids is 1. The van der Waals surface area contributed by atoms with Crippen LogP contribution < -0.4 is 19.5 Å². The van der Waals surface area contributed by atoms with Crippen molar-refractivity contribution in [3.8, 4) is 28.4 Å². The third-order valence-electron chi connectivity index (χ3n) is 3.17. The van der Waals surface area contributed by atoms with Crippen LogP contribution in [-0.4, -0.2) is 37.9 Å². The molecule has 2 rings (SSSR count). The molecule has 0 aliphatic carbocycles. The number of benzene rings is 1. The van der Waals surface area contributed by atoms with Gasteiger partial charge in [0.15, 0.2) is 17.2 Å². The maximum atomic E-state index is 12.2. The average molecular weight is 335 g/mol. The van der Waals surface area contributed by atoms with Crippen molar-refractivity contribution in [2.75, 3.05) is 20.8 Å². The molecule has 24 heavy (non-hydrogen) atoms. The van der Waals surface area contributed by atoms with Crippen molar-refractivity contribution >= 4 is 12.1 Å². The fourth-order valence-corrected chi connectivity index (χ4v) is 2.18. The number of amides is 1. The zero-order valence-electron chi connectivity index (χ0n) is 13.4. The molecular weight excluding hydrogens is 318 g/mol. The SMILES string of the molecule is CCNC(=O)c1occ(OC(=O)O)c1-c1ccc(OC)c(OC)c1. The summed E-state index contributed by atoms with van der Waals surface area (Å²) in [4.78, 5) is 23.0. The summed E-state index contributed by atoms with van der Waals surface area (Å²) in [5.41, 5.74) is 0.697. The Hall–Kier alpha value is -3.16. The molecule has 0 spiro atoms. The Morgan fingerprint density at radius 1 is 1.17 bits per heavy atom. The number of nitrogens with one attached hydrogen (secondary N) is 1. The second-order valence-corrected chi connectivity index (χ2v) is 4.60. The number of ether oxygens (including phenoxy) is 3. The summed E-state index contributed by atoms with van der Waals surface area (Å²) in [6.07, 6.45) is -0.440. The average Bonchev–Trinajstić information content (AvgIpc) is 2.97. The van der Waals surface area contributed by atoms with E-state index in [4.69, 9.17) is 23.7 Å². The van der Waals surface area contributed by atoms with Crippen LogP contribution in [0.5, 0.6) is 17.2 Å². The molecule has 0 saturated heterocycles. The predicted octanol–water partition coefficient (Wildman–Crippen LogP) is 2.77. The number of carbonyl (C=O) groups is 2. The molecule has 0 saturated carbocycles. The van der Waals surface area contributed by atoms with E-state index in [0.717, 1.165) is 6.26 Å². The first-order chi connectivity index (χ1) is 11.5. The molecule has 2 N–H and O–H groups in total. The van der Waals surface area contributed by atoms with Crippen molar-refractivity contribution in [1.29, 1.82) is 0 Å². The van der Waals surface area contributed by atoms with E-state index >= 15 is 0 Å². The van der Waals surface area contributed by atoms with Crippen LogP contribution in [-0.2, 0) is 0 Å². The molecule has 1 aromatic carbocycles.